The van der Waals surface area contributed by atoms with Crippen molar-refractivity contribution in [1.29, 1.82) is 0 Å². The van der Waals surface area contributed by atoms with Gasteiger partial charge < -0.3 is 5.32 Å². The van der Waals surface area contributed by atoms with Gasteiger partial charge in [0.15, 0.2) is 0 Å². The van der Waals surface area contributed by atoms with Crippen LogP contribution in [0.1, 0.15) is 22.9 Å². The number of benzene rings is 1. The van der Waals surface area contributed by atoms with Crippen LogP contribution in [-0.2, 0) is 6.42 Å². The Labute approximate surface area is 111 Å². The van der Waals surface area contributed by atoms with E-state index in [1.807, 2.05) is 25.1 Å². The monoisotopic (exact) mass is 259 g/mol. The fraction of sp³-hybridized carbons (Fsp3) is 0.286. The molecule has 2 atom stereocenters. The number of nitrogens with one attached hydrogen (secondary N) is 1. The molecule has 0 amide bonds. The summed E-state index contributed by atoms with van der Waals surface area (Å²) < 4.78 is 0. The number of anilines is 1. The van der Waals surface area contributed by atoms with Gasteiger partial charge in [-0.2, -0.15) is 5.10 Å². The Kier molecular flexibility index (Phi) is 2.92. The predicted molar refractivity (Wildman–Crippen MR) is 72.9 cm³/mol. The third-order valence-corrected chi connectivity index (χ3v) is 3.67. The lowest BCUT2D eigenvalue weighted by molar-refractivity contribution is 0.761. The molecule has 1 aromatic heterocycles. The summed E-state index contributed by atoms with van der Waals surface area (Å²) >= 11 is 6.41. The lowest BCUT2D eigenvalue weighted by Gasteiger charge is -2.17. The molecule has 2 aromatic rings. The third-order valence-electron chi connectivity index (χ3n) is 3.27. The quantitative estimate of drug-likeness (QED) is 0.843. The average molecular weight is 260 g/mol. The number of hydrogen-bond acceptors (Lipinski definition) is 3. The maximum absolute atomic E-state index is 6.41. The van der Waals surface area contributed by atoms with E-state index >= 15 is 0 Å². The molecule has 1 aliphatic carbocycles. The molecule has 0 fully saturated rings. The van der Waals surface area contributed by atoms with Crippen molar-refractivity contribution < 1.29 is 0 Å². The van der Waals surface area contributed by atoms with Crippen molar-refractivity contribution in [2.24, 2.45) is 0 Å². The van der Waals surface area contributed by atoms with E-state index in [2.05, 4.69) is 33.7 Å². The highest BCUT2D eigenvalue weighted by Gasteiger charge is 2.30. The van der Waals surface area contributed by atoms with Crippen LogP contribution in [0.4, 0.5) is 5.82 Å². The summed E-state index contributed by atoms with van der Waals surface area (Å²) in [5.41, 5.74) is 3.49. The molecule has 3 nitrogen and oxygen atoms in total. The van der Waals surface area contributed by atoms with Gasteiger partial charge in [-0.25, -0.2) is 0 Å². The van der Waals surface area contributed by atoms with Crippen LogP contribution in [-0.4, -0.2) is 15.6 Å². The Morgan fingerprint density at radius 2 is 2.00 bits per heavy atom. The van der Waals surface area contributed by atoms with Crippen molar-refractivity contribution in [3.05, 3.63) is 53.2 Å². The van der Waals surface area contributed by atoms with E-state index in [0.717, 1.165) is 17.9 Å². The summed E-state index contributed by atoms with van der Waals surface area (Å²) in [7, 11) is 0. The molecule has 0 saturated carbocycles. The molecular formula is C14H14ClN3. The number of nitrogens with zero attached hydrogens (tertiary/aromatic N) is 2. The van der Waals surface area contributed by atoms with Crippen molar-refractivity contribution in [3.8, 4) is 0 Å². The SMILES string of the molecule is Cc1ccc(NC2c3ccccc3CC2Cl)nn1. The first kappa shape index (κ1) is 11.5. The van der Waals surface area contributed by atoms with Crippen LogP contribution in [0, 0.1) is 6.92 Å². The molecule has 1 aliphatic rings. The Morgan fingerprint density at radius 3 is 2.78 bits per heavy atom. The van der Waals surface area contributed by atoms with Crippen LogP contribution in [0.15, 0.2) is 36.4 Å². The number of aryl methyl sites for hydroxylation is 1. The molecule has 2 unspecified atom stereocenters. The second-order valence-electron chi connectivity index (χ2n) is 4.60. The van der Waals surface area contributed by atoms with Crippen LogP contribution in [0.2, 0.25) is 0 Å². The first-order chi connectivity index (χ1) is 8.74. The molecule has 0 radical (unpaired) electrons. The van der Waals surface area contributed by atoms with E-state index in [9.17, 15) is 0 Å². The average Bonchev–Trinajstić information content (AvgIpc) is 2.69. The number of hydrogen-bond donors (Lipinski definition) is 1. The number of rotatable bonds is 2. The van der Waals surface area contributed by atoms with E-state index in [4.69, 9.17) is 11.6 Å². The minimum atomic E-state index is 0.0607. The van der Waals surface area contributed by atoms with Gasteiger partial charge in [-0.15, -0.1) is 16.7 Å². The molecule has 92 valence electrons. The molecular weight excluding hydrogens is 246 g/mol. The number of alkyl halides is 1. The summed E-state index contributed by atoms with van der Waals surface area (Å²) in [5, 5.41) is 11.6. The van der Waals surface area contributed by atoms with Crippen molar-refractivity contribution >= 4 is 17.4 Å². The Bertz CT molecular complexity index is 553. The van der Waals surface area contributed by atoms with Crippen LogP contribution in [0.3, 0.4) is 0 Å². The molecule has 3 rings (SSSR count). The largest absolute Gasteiger partial charge is 0.360 e. The van der Waals surface area contributed by atoms with Gasteiger partial charge in [0.05, 0.1) is 17.1 Å². The van der Waals surface area contributed by atoms with Gasteiger partial charge in [0, 0.05) is 0 Å². The number of fused-ring (bicyclic) bond motifs is 1. The molecule has 1 heterocycles. The van der Waals surface area contributed by atoms with Gasteiger partial charge in [-0.1, -0.05) is 24.3 Å². The van der Waals surface area contributed by atoms with E-state index in [0.29, 0.717) is 0 Å². The molecule has 0 saturated heterocycles. The van der Waals surface area contributed by atoms with Gasteiger partial charge >= 0.3 is 0 Å². The maximum atomic E-state index is 6.41. The minimum absolute atomic E-state index is 0.0607. The summed E-state index contributed by atoms with van der Waals surface area (Å²) in [6, 6.07) is 12.3. The smallest absolute Gasteiger partial charge is 0.149 e. The van der Waals surface area contributed by atoms with Gasteiger partial charge in [-0.3, -0.25) is 0 Å². The summed E-state index contributed by atoms with van der Waals surface area (Å²) in [5.74, 6) is 0.771. The molecule has 1 N–H and O–H groups in total. The predicted octanol–water partition coefficient (Wildman–Crippen LogP) is 3.10. The van der Waals surface area contributed by atoms with Crippen LogP contribution >= 0.6 is 11.6 Å². The number of aromatic nitrogens is 2. The molecule has 4 heteroatoms. The maximum Gasteiger partial charge on any atom is 0.149 e. The van der Waals surface area contributed by atoms with Crippen molar-refractivity contribution in [1.82, 2.24) is 10.2 Å². The van der Waals surface area contributed by atoms with Crippen LogP contribution in [0.25, 0.3) is 0 Å². The second kappa shape index (κ2) is 4.58. The normalized spacial score (nSPS) is 21.7. The lowest BCUT2D eigenvalue weighted by Crippen LogP contribution is -2.17. The van der Waals surface area contributed by atoms with Gasteiger partial charge in [0.2, 0.25) is 0 Å². The Morgan fingerprint density at radius 1 is 1.17 bits per heavy atom. The first-order valence-electron chi connectivity index (χ1n) is 6.03. The van der Waals surface area contributed by atoms with Crippen molar-refractivity contribution in [2.75, 3.05) is 5.32 Å². The summed E-state index contributed by atoms with van der Waals surface area (Å²) in [6.07, 6.45) is 0.898. The highest BCUT2D eigenvalue weighted by atomic mass is 35.5. The third kappa shape index (κ3) is 2.06. The fourth-order valence-corrected chi connectivity index (χ4v) is 2.71. The van der Waals surface area contributed by atoms with E-state index in [-0.39, 0.29) is 11.4 Å². The highest BCUT2D eigenvalue weighted by Crippen LogP contribution is 2.36. The summed E-state index contributed by atoms with van der Waals surface area (Å²) in [6.45, 7) is 1.92. The molecule has 0 bridgehead atoms. The Hall–Kier alpha value is -1.61. The second-order valence-corrected chi connectivity index (χ2v) is 5.16. The van der Waals surface area contributed by atoms with E-state index in [1.165, 1.54) is 11.1 Å². The highest BCUT2D eigenvalue weighted by molar-refractivity contribution is 6.21. The van der Waals surface area contributed by atoms with Gasteiger partial charge in [0.25, 0.3) is 0 Å². The zero-order valence-electron chi connectivity index (χ0n) is 10.1. The van der Waals surface area contributed by atoms with E-state index < -0.39 is 0 Å². The van der Waals surface area contributed by atoms with Crippen LogP contribution < -0.4 is 5.32 Å². The zero-order chi connectivity index (χ0) is 12.5. The Balaban J connectivity index is 1.87. The van der Waals surface area contributed by atoms with Crippen molar-refractivity contribution in [2.45, 2.75) is 24.8 Å². The fourth-order valence-electron chi connectivity index (χ4n) is 2.35. The lowest BCUT2D eigenvalue weighted by atomic mass is 10.1. The van der Waals surface area contributed by atoms with Gasteiger partial charge in [-0.05, 0) is 36.6 Å². The number of halogens is 1. The topological polar surface area (TPSA) is 37.8 Å². The van der Waals surface area contributed by atoms with Gasteiger partial charge in [0.1, 0.15) is 5.82 Å². The van der Waals surface area contributed by atoms with Crippen LogP contribution in [0.5, 0.6) is 0 Å². The standard InChI is InChI=1S/C14H14ClN3/c1-9-6-7-13(18-17-9)16-14-11-5-3-2-4-10(11)8-12(14)15/h2-7,12,14H,8H2,1H3,(H,16,18). The van der Waals surface area contributed by atoms with E-state index in [1.54, 1.807) is 0 Å². The first-order valence-corrected chi connectivity index (χ1v) is 6.46. The molecule has 0 aliphatic heterocycles. The zero-order valence-corrected chi connectivity index (χ0v) is 10.9. The molecule has 18 heavy (non-hydrogen) atoms. The molecule has 1 aromatic carbocycles. The van der Waals surface area contributed by atoms with Crippen molar-refractivity contribution in [3.63, 3.8) is 0 Å². The summed E-state index contributed by atoms with van der Waals surface area (Å²) in [4.78, 5) is 0. The molecule has 0 spiro atoms. The minimum Gasteiger partial charge on any atom is -0.360 e.